The van der Waals surface area contributed by atoms with Gasteiger partial charge in [-0.25, -0.2) is 0 Å². The van der Waals surface area contributed by atoms with Gasteiger partial charge in [0.15, 0.2) is 0 Å². The second kappa shape index (κ2) is 7.47. The van der Waals surface area contributed by atoms with Crippen LogP contribution >= 0.6 is 0 Å². The Hall–Kier alpha value is -1.06. The minimum absolute atomic E-state index is 0.576. The van der Waals surface area contributed by atoms with Crippen LogP contribution in [0.1, 0.15) is 56.7 Å². The summed E-state index contributed by atoms with van der Waals surface area (Å²) in [7, 11) is 0. The van der Waals surface area contributed by atoms with Crippen molar-refractivity contribution in [1.82, 2.24) is 10.2 Å². The van der Waals surface area contributed by atoms with Crippen molar-refractivity contribution in [3.63, 3.8) is 0 Å². The van der Waals surface area contributed by atoms with Crippen molar-refractivity contribution < 1.29 is 0 Å². The first-order valence-electron chi connectivity index (χ1n) is 9.16. The zero-order valence-electron chi connectivity index (χ0n) is 14.3. The van der Waals surface area contributed by atoms with Crippen LogP contribution in [0.3, 0.4) is 0 Å². The number of anilines is 1. The molecule has 0 saturated carbocycles. The third kappa shape index (κ3) is 3.31. The van der Waals surface area contributed by atoms with E-state index in [0.717, 1.165) is 26.2 Å². The number of likely N-dealkylation sites (tertiary alicyclic amines) is 1. The Morgan fingerprint density at radius 3 is 2.50 bits per heavy atom. The van der Waals surface area contributed by atoms with Crippen LogP contribution in [0.25, 0.3) is 0 Å². The van der Waals surface area contributed by atoms with E-state index in [2.05, 4.69) is 47.2 Å². The normalized spacial score (nSPS) is 22.9. The number of benzene rings is 1. The summed E-state index contributed by atoms with van der Waals surface area (Å²) < 4.78 is 0. The average molecular weight is 301 g/mol. The quantitative estimate of drug-likeness (QED) is 0.917. The summed E-state index contributed by atoms with van der Waals surface area (Å²) in [5.74, 6) is 0. The molecule has 1 N–H and O–H groups in total. The molecular formula is C19H31N3. The van der Waals surface area contributed by atoms with Crippen molar-refractivity contribution in [2.24, 2.45) is 0 Å². The maximum atomic E-state index is 3.65. The van der Waals surface area contributed by atoms with Gasteiger partial charge in [-0.15, -0.1) is 0 Å². The highest BCUT2D eigenvalue weighted by Gasteiger charge is 2.26. The molecule has 1 atom stereocenters. The summed E-state index contributed by atoms with van der Waals surface area (Å²) in [4.78, 5) is 5.16. The maximum absolute atomic E-state index is 3.65. The van der Waals surface area contributed by atoms with Gasteiger partial charge in [-0.2, -0.15) is 0 Å². The summed E-state index contributed by atoms with van der Waals surface area (Å²) in [6.07, 6.45) is 5.54. The molecule has 0 spiro atoms. The van der Waals surface area contributed by atoms with Gasteiger partial charge in [0.2, 0.25) is 0 Å². The van der Waals surface area contributed by atoms with Gasteiger partial charge in [0.05, 0.1) is 0 Å². The lowest BCUT2D eigenvalue weighted by Gasteiger charge is -2.36. The fourth-order valence-corrected chi connectivity index (χ4v) is 4.04. The third-order valence-electron chi connectivity index (χ3n) is 5.35. The van der Waals surface area contributed by atoms with Gasteiger partial charge in [-0.1, -0.05) is 18.9 Å². The average Bonchev–Trinajstić information content (AvgIpc) is 2.84. The first-order valence-corrected chi connectivity index (χ1v) is 9.16. The van der Waals surface area contributed by atoms with Crippen LogP contribution in [0.5, 0.6) is 0 Å². The number of hydrogen-bond donors (Lipinski definition) is 1. The summed E-state index contributed by atoms with van der Waals surface area (Å²) in [6, 6.07) is 7.73. The van der Waals surface area contributed by atoms with Gasteiger partial charge in [0.1, 0.15) is 0 Å². The molecule has 0 radical (unpaired) electrons. The summed E-state index contributed by atoms with van der Waals surface area (Å²) >= 11 is 0. The van der Waals surface area contributed by atoms with Crippen molar-refractivity contribution in [3.05, 3.63) is 29.3 Å². The van der Waals surface area contributed by atoms with Crippen molar-refractivity contribution in [2.75, 3.05) is 37.6 Å². The van der Waals surface area contributed by atoms with Crippen molar-refractivity contribution in [1.29, 1.82) is 0 Å². The number of hydrogen-bond acceptors (Lipinski definition) is 3. The van der Waals surface area contributed by atoms with Crippen LogP contribution in [0.15, 0.2) is 18.2 Å². The molecule has 1 saturated heterocycles. The molecule has 2 aliphatic rings. The molecule has 2 aliphatic heterocycles. The third-order valence-corrected chi connectivity index (χ3v) is 5.35. The van der Waals surface area contributed by atoms with Crippen LogP contribution in [0.2, 0.25) is 0 Å². The molecule has 0 bridgehead atoms. The first kappa shape index (κ1) is 15.8. The zero-order chi connectivity index (χ0) is 15.4. The molecule has 1 aromatic carbocycles. The highest BCUT2D eigenvalue weighted by molar-refractivity contribution is 5.52. The van der Waals surface area contributed by atoms with Gasteiger partial charge in [0, 0.05) is 37.9 Å². The first-order chi connectivity index (χ1) is 10.8. The lowest BCUT2D eigenvalue weighted by molar-refractivity contribution is 0.192. The molecule has 22 heavy (non-hydrogen) atoms. The number of fused-ring (bicyclic) bond motifs is 1. The Balaban J connectivity index is 1.83. The van der Waals surface area contributed by atoms with Crippen LogP contribution < -0.4 is 10.2 Å². The molecule has 0 amide bonds. The minimum Gasteiger partial charge on any atom is -0.372 e. The number of rotatable bonds is 4. The van der Waals surface area contributed by atoms with E-state index in [1.54, 1.807) is 5.56 Å². The standard InChI is InChI=1S/C19H31N3/c1-3-21(4-2)17-9-10-18-16(13-17)14-20-15-19(18)22-11-7-5-6-8-12-22/h9-10,13,19-20H,3-8,11-12,14-15H2,1-2H3/t19-/m1/s1. The van der Waals surface area contributed by atoms with Gasteiger partial charge in [0.25, 0.3) is 0 Å². The minimum atomic E-state index is 0.576. The molecular weight excluding hydrogens is 270 g/mol. The Morgan fingerprint density at radius 2 is 1.82 bits per heavy atom. The monoisotopic (exact) mass is 301 g/mol. The molecule has 3 nitrogen and oxygen atoms in total. The zero-order valence-corrected chi connectivity index (χ0v) is 14.3. The smallest absolute Gasteiger partial charge is 0.0476 e. The lowest BCUT2D eigenvalue weighted by atomic mass is 9.94. The fourth-order valence-electron chi connectivity index (χ4n) is 4.04. The molecule has 3 rings (SSSR count). The predicted molar refractivity (Wildman–Crippen MR) is 94.5 cm³/mol. The summed E-state index contributed by atoms with van der Waals surface area (Å²) in [5, 5.41) is 3.65. The Labute approximate surface area is 135 Å². The molecule has 0 aliphatic carbocycles. The molecule has 1 aromatic rings. The van der Waals surface area contributed by atoms with Gasteiger partial charge in [-0.05, 0) is 63.0 Å². The molecule has 2 heterocycles. The van der Waals surface area contributed by atoms with Gasteiger partial charge < -0.3 is 10.2 Å². The lowest BCUT2D eigenvalue weighted by Crippen LogP contribution is -2.40. The van der Waals surface area contributed by atoms with E-state index in [-0.39, 0.29) is 0 Å². The van der Waals surface area contributed by atoms with Crippen LogP contribution in [-0.2, 0) is 6.54 Å². The van der Waals surface area contributed by atoms with Gasteiger partial charge >= 0.3 is 0 Å². The summed E-state index contributed by atoms with van der Waals surface area (Å²) in [6.45, 7) is 11.3. The molecule has 122 valence electrons. The van der Waals surface area contributed by atoms with Crippen molar-refractivity contribution >= 4 is 5.69 Å². The predicted octanol–water partition coefficient (Wildman–Crippen LogP) is 3.55. The van der Waals surface area contributed by atoms with E-state index < -0.39 is 0 Å². The Bertz CT molecular complexity index is 474. The SMILES string of the molecule is CCN(CC)c1ccc2c(c1)CNC[C@H]2N1CCCCCC1. The van der Waals surface area contributed by atoms with E-state index in [1.165, 1.54) is 50.0 Å². The largest absolute Gasteiger partial charge is 0.372 e. The Kier molecular flexibility index (Phi) is 5.37. The van der Waals surface area contributed by atoms with Crippen LogP contribution in [-0.4, -0.2) is 37.6 Å². The van der Waals surface area contributed by atoms with Crippen molar-refractivity contribution in [2.45, 2.75) is 52.1 Å². The molecule has 0 unspecified atom stereocenters. The molecule has 1 fully saturated rings. The highest BCUT2D eigenvalue weighted by atomic mass is 15.2. The van der Waals surface area contributed by atoms with Crippen LogP contribution in [0, 0.1) is 0 Å². The van der Waals surface area contributed by atoms with Gasteiger partial charge in [-0.3, -0.25) is 4.90 Å². The maximum Gasteiger partial charge on any atom is 0.0476 e. The van der Waals surface area contributed by atoms with Crippen molar-refractivity contribution in [3.8, 4) is 0 Å². The number of nitrogens with one attached hydrogen (secondary N) is 1. The summed E-state index contributed by atoms with van der Waals surface area (Å²) in [5.41, 5.74) is 4.45. The van der Waals surface area contributed by atoms with E-state index in [9.17, 15) is 0 Å². The van der Waals surface area contributed by atoms with Crippen LogP contribution in [0.4, 0.5) is 5.69 Å². The highest BCUT2D eigenvalue weighted by Crippen LogP contribution is 2.31. The topological polar surface area (TPSA) is 18.5 Å². The molecule has 0 aromatic heterocycles. The second-order valence-electron chi connectivity index (χ2n) is 6.65. The number of nitrogens with zero attached hydrogens (tertiary/aromatic N) is 2. The fraction of sp³-hybridized carbons (Fsp3) is 0.684. The second-order valence-corrected chi connectivity index (χ2v) is 6.65. The molecule has 3 heteroatoms. The van der Waals surface area contributed by atoms with E-state index in [4.69, 9.17) is 0 Å². The van der Waals surface area contributed by atoms with E-state index in [0.29, 0.717) is 6.04 Å². The van der Waals surface area contributed by atoms with E-state index >= 15 is 0 Å². The van der Waals surface area contributed by atoms with E-state index in [1.807, 2.05) is 0 Å². The Morgan fingerprint density at radius 1 is 1.09 bits per heavy atom.